The van der Waals surface area contributed by atoms with Crippen LogP contribution >= 0.6 is 11.8 Å². The van der Waals surface area contributed by atoms with Crippen LogP contribution in [0.3, 0.4) is 0 Å². The molecule has 0 heterocycles. The van der Waals surface area contributed by atoms with Crippen molar-refractivity contribution in [3.05, 3.63) is 77.9 Å². The summed E-state index contributed by atoms with van der Waals surface area (Å²) in [7, 11) is -1.88. The van der Waals surface area contributed by atoms with Crippen LogP contribution < -0.4 is 14.4 Å². The van der Waals surface area contributed by atoms with Crippen LogP contribution in [0, 0.1) is 0 Å². The van der Waals surface area contributed by atoms with Gasteiger partial charge in [-0.15, -0.1) is 11.8 Å². The molecule has 3 rings (SSSR count). The van der Waals surface area contributed by atoms with Crippen molar-refractivity contribution in [3.63, 3.8) is 0 Å². The molecule has 39 heavy (non-hydrogen) atoms. The van der Waals surface area contributed by atoms with Gasteiger partial charge in [-0.2, -0.15) is 0 Å². The molecule has 3 aromatic carbocycles. The molecule has 0 aliphatic carbocycles. The monoisotopic (exact) mass is 572 g/mol. The van der Waals surface area contributed by atoms with Gasteiger partial charge in [0.25, 0.3) is 10.0 Å². The van der Waals surface area contributed by atoms with E-state index in [1.54, 1.807) is 37.3 Å². The summed E-state index contributed by atoms with van der Waals surface area (Å²) in [5.41, 5.74) is 0.144. The number of benzene rings is 3. The number of esters is 2. The predicted molar refractivity (Wildman–Crippen MR) is 148 cm³/mol. The van der Waals surface area contributed by atoms with E-state index in [0.717, 1.165) is 9.20 Å². The van der Waals surface area contributed by atoms with Gasteiger partial charge in [-0.1, -0.05) is 12.1 Å². The number of sulfonamides is 1. The summed E-state index contributed by atoms with van der Waals surface area (Å²) in [6.45, 7) is 1.36. The summed E-state index contributed by atoms with van der Waals surface area (Å²) >= 11 is 1.46. The Kier molecular flexibility index (Phi) is 9.96. The number of carbonyl (C=O) groups is 3. The Bertz CT molecular complexity index is 1460. The molecule has 1 N–H and O–H groups in total. The maximum atomic E-state index is 13.8. The van der Waals surface area contributed by atoms with Crippen molar-refractivity contribution in [1.82, 2.24) is 0 Å². The van der Waals surface area contributed by atoms with E-state index in [2.05, 4.69) is 5.32 Å². The minimum Gasteiger partial charge on any atom is -0.492 e. The fourth-order valence-electron chi connectivity index (χ4n) is 3.62. The molecule has 0 aliphatic heterocycles. The van der Waals surface area contributed by atoms with Crippen molar-refractivity contribution >= 4 is 51.0 Å². The topological polar surface area (TPSA) is 128 Å². The molecule has 3 aromatic rings. The van der Waals surface area contributed by atoms with Crippen LogP contribution in [0.25, 0.3) is 0 Å². The van der Waals surface area contributed by atoms with Crippen LogP contribution in [0.1, 0.15) is 27.6 Å². The summed E-state index contributed by atoms with van der Waals surface area (Å²) in [5.74, 6) is -1.97. The summed E-state index contributed by atoms with van der Waals surface area (Å²) in [6.07, 6.45) is 1.87. The number of hydrogen-bond acceptors (Lipinski definition) is 9. The molecule has 0 saturated carbocycles. The molecule has 0 unspecified atom stereocenters. The summed E-state index contributed by atoms with van der Waals surface area (Å²) in [6, 6.07) is 16.6. The number of ether oxygens (including phenoxy) is 3. The van der Waals surface area contributed by atoms with Crippen molar-refractivity contribution in [2.24, 2.45) is 0 Å². The van der Waals surface area contributed by atoms with Gasteiger partial charge in [0.2, 0.25) is 5.91 Å². The Balaban J connectivity index is 2.05. The zero-order valence-electron chi connectivity index (χ0n) is 21.8. The number of methoxy groups -OCH3 is 2. The first-order valence-electron chi connectivity index (χ1n) is 11.6. The molecule has 0 fully saturated rings. The number of nitrogens with zero attached hydrogens (tertiary/aromatic N) is 1. The average molecular weight is 573 g/mol. The second-order valence-electron chi connectivity index (χ2n) is 7.88. The van der Waals surface area contributed by atoms with Gasteiger partial charge < -0.3 is 19.5 Å². The van der Waals surface area contributed by atoms with Gasteiger partial charge in [-0.3, -0.25) is 9.10 Å². The van der Waals surface area contributed by atoms with Crippen LogP contribution in [0.15, 0.2) is 76.5 Å². The van der Waals surface area contributed by atoms with Gasteiger partial charge in [-0.25, -0.2) is 18.0 Å². The molecular weight excluding hydrogens is 544 g/mol. The number of rotatable bonds is 11. The van der Waals surface area contributed by atoms with Gasteiger partial charge in [0.15, 0.2) is 0 Å². The highest BCUT2D eigenvalue weighted by Gasteiger charge is 2.30. The molecule has 0 aliphatic rings. The van der Waals surface area contributed by atoms with E-state index in [0.29, 0.717) is 0 Å². The first-order valence-corrected chi connectivity index (χ1v) is 14.3. The molecule has 0 saturated heterocycles. The molecule has 0 bridgehead atoms. The third kappa shape index (κ3) is 6.89. The van der Waals surface area contributed by atoms with Crippen molar-refractivity contribution in [2.75, 3.05) is 43.2 Å². The van der Waals surface area contributed by atoms with Crippen LogP contribution in [0.2, 0.25) is 0 Å². The molecule has 10 nitrogen and oxygen atoms in total. The molecule has 206 valence electrons. The van der Waals surface area contributed by atoms with Gasteiger partial charge >= 0.3 is 11.9 Å². The number of para-hydroxylation sites is 2. The SMILES string of the molecule is CCOc1ccccc1N(CC(=O)Nc1cc(C(=O)OC)ccc1C(=O)OC)S(=O)(=O)c1ccc(SC)cc1. The van der Waals surface area contributed by atoms with Gasteiger partial charge in [-0.05, 0) is 67.8 Å². The third-order valence-corrected chi connectivity index (χ3v) is 8.01. The summed E-state index contributed by atoms with van der Waals surface area (Å²) < 4.78 is 43.7. The zero-order chi connectivity index (χ0) is 28.6. The maximum Gasteiger partial charge on any atom is 0.339 e. The van der Waals surface area contributed by atoms with Gasteiger partial charge in [0, 0.05) is 4.90 Å². The highest BCUT2D eigenvalue weighted by molar-refractivity contribution is 7.98. The number of carbonyl (C=O) groups excluding carboxylic acids is 3. The molecule has 1 amide bonds. The Morgan fingerprint density at radius 1 is 0.923 bits per heavy atom. The predicted octanol–water partition coefficient (Wildman–Crippen LogP) is 4.21. The molecular formula is C27H28N2O8S2. The Hall–Kier alpha value is -4.03. The second kappa shape index (κ2) is 13.2. The van der Waals surface area contributed by atoms with Crippen molar-refractivity contribution < 1.29 is 37.0 Å². The number of anilines is 2. The third-order valence-electron chi connectivity index (χ3n) is 5.49. The Morgan fingerprint density at radius 2 is 1.59 bits per heavy atom. The van der Waals surface area contributed by atoms with Crippen LogP contribution in [0.5, 0.6) is 5.75 Å². The fraction of sp³-hybridized carbons (Fsp3) is 0.222. The minimum atomic E-state index is -4.25. The smallest absolute Gasteiger partial charge is 0.339 e. The summed E-state index contributed by atoms with van der Waals surface area (Å²) in [4.78, 5) is 38.5. The van der Waals surface area contributed by atoms with E-state index >= 15 is 0 Å². The standard InChI is InChI=1S/C27H28N2O8S2/c1-5-37-24-9-7-6-8-23(24)29(39(33,34)20-13-11-19(38-4)12-14-20)17-25(30)28-22-16-18(26(31)35-2)10-15-21(22)27(32)36-3/h6-16H,5,17H2,1-4H3,(H,28,30). The normalized spacial score (nSPS) is 10.9. The molecule has 0 radical (unpaired) electrons. The van der Waals surface area contributed by atoms with E-state index in [1.807, 2.05) is 6.26 Å². The van der Waals surface area contributed by atoms with E-state index < -0.39 is 34.4 Å². The lowest BCUT2D eigenvalue weighted by atomic mass is 10.1. The highest BCUT2D eigenvalue weighted by atomic mass is 32.2. The summed E-state index contributed by atoms with van der Waals surface area (Å²) in [5, 5.41) is 2.54. The molecule has 0 spiro atoms. The van der Waals surface area contributed by atoms with Crippen molar-refractivity contribution in [3.8, 4) is 5.75 Å². The van der Waals surface area contributed by atoms with Gasteiger partial charge in [0.05, 0.1) is 48.2 Å². The van der Waals surface area contributed by atoms with E-state index in [9.17, 15) is 22.8 Å². The lowest BCUT2D eigenvalue weighted by Crippen LogP contribution is -2.38. The fourth-order valence-corrected chi connectivity index (χ4v) is 5.46. The second-order valence-corrected chi connectivity index (χ2v) is 10.6. The lowest BCUT2D eigenvalue weighted by Gasteiger charge is -2.26. The van der Waals surface area contributed by atoms with E-state index in [-0.39, 0.29) is 39.8 Å². The average Bonchev–Trinajstić information content (AvgIpc) is 2.95. The Labute approximate surface area is 231 Å². The minimum absolute atomic E-state index is 0.0256. The van der Waals surface area contributed by atoms with E-state index in [1.165, 1.54) is 62.4 Å². The maximum absolute atomic E-state index is 13.8. The number of hydrogen-bond donors (Lipinski definition) is 1. The van der Waals surface area contributed by atoms with Crippen LogP contribution in [0.4, 0.5) is 11.4 Å². The largest absolute Gasteiger partial charge is 0.492 e. The zero-order valence-corrected chi connectivity index (χ0v) is 23.4. The first kappa shape index (κ1) is 29.5. The van der Waals surface area contributed by atoms with Gasteiger partial charge in [0.1, 0.15) is 12.3 Å². The first-order chi connectivity index (χ1) is 18.7. The molecule has 0 aromatic heterocycles. The van der Waals surface area contributed by atoms with E-state index in [4.69, 9.17) is 14.2 Å². The Morgan fingerprint density at radius 3 is 2.21 bits per heavy atom. The molecule has 12 heteroatoms. The van der Waals surface area contributed by atoms with Crippen molar-refractivity contribution in [2.45, 2.75) is 16.7 Å². The van der Waals surface area contributed by atoms with Crippen LogP contribution in [-0.4, -0.2) is 59.9 Å². The molecule has 0 atom stereocenters. The quantitative estimate of drug-likeness (QED) is 0.265. The van der Waals surface area contributed by atoms with Crippen molar-refractivity contribution in [1.29, 1.82) is 0 Å². The number of amides is 1. The number of nitrogens with one attached hydrogen (secondary N) is 1. The highest BCUT2D eigenvalue weighted by Crippen LogP contribution is 2.33. The van der Waals surface area contributed by atoms with Crippen LogP contribution in [-0.2, 0) is 24.3 Å². The lowest BCUT2D eigenvalue weighted by molar-refractivity contribution is -0.114. The number of thioether (sulfide) groups is 1.